The van der Waals surface area contributed by atoms with Gasteiger partial charge in [0.2, 0.25) is 0 Å². The number of aryl methyl sites for hydroxylation is 1. The largest absolute Gasteiger partial charge is 0.485 e. The van der Waals surface area contributed by atoms with Crippen LogP contribution in [0.15, 0.2) is 30.6 Å². The standard InChI is InChI=1S/C20H22Cl2N4O2/c1-11-6-17(22)25-15-7-14-16(8-13(11)15)28-20(2,3)19(27)18(14)23-4-5-26-10-12(21)9-24-26/h6-10,18-19,23,27H,4-5H2,1-3H3/t18-,19+/m0/s1. The lowest BCUT2D eigenvalue weighted by Crippen LogP contribution is -2.52. The first kappa shape index (κ1) is 19.5. The maximum Gasteiger partial charge on any atom is 0.131 e. The number of aromatic nitrogens is 3. The number of pyridine rings is 1. The zero-order chi connectivity index (χ0) is 20.1. The van der Waals surface area contributed by atoms with Crippen molar-refractivity contribution in [3.8, 4) is 5.75 Å². The molecule has 0 saturated heterocycles. The highest BCUT2D eigenvalue weighted by molar-refractivity contribution is 6.30. The van der Waals surface area contributed by atoms with Crippen LogP contribution < -0.4 is 10.1 Å². The highest BCUT2D eigenvalue weighted by Gasteiger charge is 2.42. The van der Waals surface area contributed by atoms with E-state index in [0.717, 1.165) is 27.8 Å². The van der Waals surface area contributed by atoms with Crippen molar-refractivity contribution in [1.29, 1.82) is 0 Å². The number of hydrogen-bond donors (Lipinski definition) is 2. The summed E-state index contributed by atoms with van der Waals surface area (Å²) in [5.74, 6) is 0.745. The quantitative estimate of drug-likeness (QED) is 0.625. The van der Waals surface area contributed by atoms with Gasteiger partial charge in [-0.15, -0.1) is 0 Å². The molecule has 148 valence electrons. The summed E-state index contributed by atoms with van der Waals surface area (Å²) in [6, 6.07) is 5.46. The Kier molecular flexibility index (Phi) is 5.00. The molecule has 0 unspecified atom stereocenters. The smallest absolute Gasteiger partial charge is 0.131 e. The number of fused-ring (bicyclic) bond motifs is 2. The molecule has 3 aromatic rings. The van der Waals surface area contributed by atoms with Gasteiger partial charge in [0.25, 0.3) is 0 Å². The van der Waals surface area contributed by atoms with Gasteiger partial charge in [-0.3, -0.25) is 4.68 Å². The molecule has 0 bridgehead atoms. The summed E-state index contributed by atoms with van der Waals surface area (Å²) in [6.07, 6.45) is 2.63. The van der Waals surface area contributed by atoms with Gasteiger partial charge in [-0.2, -0.15) is 5.10 Å². The average molecular weight is 421 g/mol. The Labute approximate surface area is 173 Å². The molecule has 0 radical (unpaired) electrons. The van der Waals surface area contributed by atoms with E-state index in [1.54, 1.807) is 17.1 Å². The van der Waals surface area contributed by atoms with Crippen molar-refractivity contribution in [1.82, 2.24) is 20.1 Å². The Morgan fingerprint density at radius 3 is 2.79 bits per heavy atom. The van der Waals surface area contributed by atoms with E-state index < -0.39 is 11.7 Å². The Balaban J connectivity index is 1.68. The van der Waals surface area contributed by atoms with Gasteiger partial charge in [-0.05, 0) is 44.5 Å². The number of benzene rings is 1. The Hall–Kier alpha value is -1.86. The van der Waals surface area contributed by atoms with Crippen LogP contribution in [0.4, 0.5) is 0 Å². The molecular formula is C20H22Cl2N4O2. The third-order valence-corrected chi connectivity index (χ3v) is 5.55. The number of aliphatic hydroxyl groups excluding tert-OH is 1. The minimum Gasteiger partial charge on any atom is -0.485 e. The van der Waals surface area contributed by atoms with E-state index in [0.29, 0.717) is 23.3 Å². The number of aliphatic hydroxyl groups is 1. The molecule has 0 saturated carbocycles. The zero-order valence-electron chi connectivity index (χ0n) is 15.9. The SMILES string of the molecule is Cc1cc(Cl)nc2cc3c(cc12)OC(C)(C)[C@H](O)[C@H]3NCCn1cc(Cl)cn1. The van der Waals surface area contributed by atoms with Gasteiger partial charge in [0.15, 0.2) is 0 Å². The fourth-order valence-corrected chi connectivity index (χ4v) is 4.07. The van der Waals surface area contributed by atoms with Gasteiger partial charge in [0.1, 0.15) is 22.6 Å². The second-order valence-corrected chi connectivity index (χ2v) is 8.50. The van der Waals surface area contributed by atoms with Crippen molar-refractivity contribution in [2.24, 2.45) is 0 Å². The predicted octanol–water partition coefficient (Wildman–Crippen LogP) is 3.91. The molecule has 2 atom stereocenters. The molecule has 3 heterocycles. The van der Waals surface area contributed by atoms with Crippen LogP contribution in [0.25, 0.3) is 10.9 Å². The summed E-state index contributed by atoms with van der Waals surface area (Å²) in [7, 11) is 0. The molecule has 6 nitrogen and oxygen atoms in total. The van der Waals surface area contributed by atoms with Gasteiger partial charge < -0.3 is 15.2 Å². The van der Waals surface area contributed by atoms with Crippen LogP contribution in [-0.2, 0) is 6.54 Å². The van der Waals surface area contributed by atoms with E-state index in [4.69, 9.17) is 27.9 Å². The normalized spacial score (nSPS) is 20.8. The Morgan fingerprint density at radius 1 is 1.29 bits per heavy atom. The summed E-state index contributed by atoms with van der Waals surface area (Å²) in [4.78, 5) is 4.44. The Morgan fingerprint density at radius 2 is 2.07 bits per heavy atom. The molecule has 1 aliphatic rings. The lowest BCUT2D eigenvalue weighted by Gasteiger charge is -2.42. The van der Waals surface area contributed by atoms with Crippen LogP contribution >= 0.6 is 23.2 Å². The van der Waals surface area contributed by atoms with Gasteiger partial charge in [-0.25, -0.2) is 4.98 Å². The first-order valence-electron chi connectivity index (χ1n) is 9.14. The molecule has 4 rings (SSSR count). The van der Waals surface area contributed by atoms with Crippen LogP contribution in [-0.4, -0.2) is 38.1 Å². The highest BCUT2D eigenvalue weighted by atomic mass is 35.5. The van der Waals surface area contributed by atoms with Crippen molar-refractivity contribution in [3.05, 3.63) is 51.9 Å². The van der Waals surface area contributed by atoms with Crippen molar-refractivity contribution in [2.45, 2.75) is 45.1 Å². The first-order valence-corrected chi connectivity index (χ1v) is 9.89. The van der Waals surface area contributed by atoms with Crippen LogP contribution in [0.1, 0.15) is 31.0 Å². The van der Waals surface area contributed by atoms with E-state index in [2.05, 4.69) is 15.4 Å². The molecule has 0 spiro atoms. The van der Waals surface area contributed by atoms with Crippen molar-refractivity contribution in [3.63, 3.8) is 0 Å². The molecule has 2 N–H and O–H groups in total. The molecule has 8 heteroatoms. The summed E-state index contributed by atoms with van der Waals surface area (Å²) in [5, 5.41) is 20.6. The molecule has 1 aromatic carbocycles. The fourth-order valence-electron chi connectivity index (χ4n) is 3.66. The number of hydrogen-bond acceptors (Lipinski definition) is 5. The number of nitrogens with zero attached hydrogens (tertiary/aromatic N) is 3. The molecule has 0 amide bonds. The van der Waals surface area contributed by atoms with E-state index >= 15 is 0 Å². The lowest BCUT2D eigenvalue weighted by molar-refractivity contribution is -0.0644. The van der Waals surface area contributed by atoms with Crippen LogP contribution in [0.3, 0.4) is 0 Å². The fraction of sp³-hybridized carbons (Fsp3) is 0.400. The average Bonchev–Trinajstić information content (AvgIpc) is 3.02. The highest BCUT2D eigenvalue weighted by Crippen LogP contribution is 2.42. The predicted molar refractivity (Wildman–Crippen MR) is 110 cm³/mol. The third kappa shape index (κ3) is 3.57. The molecule has 2 aromatic heterocycles. The number of ether oxygens (including phenoxy) is 1. The summed E-state index contributed by atoms with van der Waals surface area (Å²) < 4.78 is 7.90. The number of rotatable bonds is 4. The second-order valence-electron chi connectivity index (χ2n) is 7.67. The van der Waals surface area contributed by atoms with E-state index in [1.165, 1.54) is 0 Å². The molecular weight excluding hydrogens is 399 g/mol. The van der Waals surface area contributed by atoms with Crippen LogP contribution in [0, 0.1) is 6.92 Å². The third-order valence-electron chi connectivity index (χ3n) is 5.16. The Bertz CT molecular complexity index is 1030. The van der Waals surface area contributed by atoms with E-state index in [-0.39, 0.29) is 6.04 Å². The topological polar surface area (TPSA) is 72.2 Å². The monoisotopic (exact) mass is 420 g/mol. The van der Waals surface area contributed by atoms with Gasteiger partial charge in [0, 0.05) is 23.7 Å². The van der Waals surface area contributed by atoms with E-state index in [1.807, 2.05) is 39.0 Å². The minimum absolute atomic E-state index is 0.310. The minimum atomic E-state index is -0.737. The van der Waals surface area contributed by atoms with Crippen molar-refractivity contribution >= 4 is 34.1 Å². The lowest BCUT2D eigenvalue weighted by atomic mass is 9.85. The first-order chi connectivity index (χ1) is 13.2. The second kappa shape index (κ2) is 7.19. The van der Waals surface area contributed by atoms with Crippen LogP contribution in [0.5, 0.6) is 5.75 Å². The summed E-state index contributed by atoms with van der Waals surface area (Å²) >= 11 is 12.1. The molecule has 28 heavy (non-hydrogen) atoms. The summed E-state index contributed by atoms with van der Waals surface area (Å²) in [6.45, 7) is 7.01. The number of nitrogens with one attached hydrogen (secondary N) is 1. The maximum absolute atomic E-state index is 10.9. The van der Waals surface area contributed by atoms with Gasteiger partial charge >= 0.3 is 0 Å². The van der Waals surface area contributed by atoms with Gasteiger partial charge in [0.05, 0.1) is 29.3 Å². The van der Waals surface area contributed by atoms with Crippen molar-refractivity contribution < 1.29 is 9.84 Å². The maximum atomic E-state index is 10.9. The van der Waals surface area contributed by atoms with E-state index in [9.17, 15) is 5.11 Å². The zero-order valence-corrected chi connectivity index (χ0v) is 17.4. The number of halogens is 2. The van der Waals surface area contributed by atoms with Gasteiger partial charge in [-0.1, -0.05) is 23.2 Å². The molecule has 0 aliphatic carbocycles. The van der Waals surface area contributed by atoms with Crippen LogP contribution in [0.2, 0.25) is 10.2 Å². The summed E-state index contributed by atoms with van der Waals surface area (Å²) in [5.41, 5.74) is 1.95. The molecule has 1 aliphatic heterocycles. The molecule has 0 fully saturated rings. The van der Waals surface area contributed by atoms with Crippen molar-refractivity contribution in [2.75, 3.05) is 6.54 Å².